The maximum Gasteiger partial charge on any atom is 0.227 e. The van der Waals surface area contributed by atoms with Crippen molar-refractivity contribution in [2.75, 3.05) is 25.0 Å². The van der Waals surface area contributed by atoms with Crippen LogP contribution in [0, 0.1) is 0 Å². The van der Waals surface area contributed by atoms with E-state index in [4.69, 9.17) is 0 Å². The summed E-state index contributed by atoms with van der Waals surface area (Å²) in [6, 6.07) is 6.96. The van der Waals surface area contributed by atoms with E-state index in [-0.39, 0.29) is 11.8 Å². The normalized spacial score (nSPS) is 17.7. The largest absolute Gasteiger partial charge is 0.343 e. The van der Waals surface area contributed by atoms with Crippen LogP contribution in [0.3, 0.4) is 0 Å². The van der Waals surface area contributed by atoms with Gasteiger partial charge in [-0.05, 0) is 36.5 Å². The first-order chi connectivity index (χ1) is 14.0. The van der Waals surface area contributed by atoms with Crippen LogP contribution in [0.2, 0.25) is 0 Å². The van der Waals surface area contributed by atoms with Gasteiger partial charge in [0, 0.05) is 69.4 Å². The first-order valence-corrected chi connectivity index (χ1v) is 11.1. The van der Waals surface area contributed by atoms with Crippen LogP contribution in [0.25, 0.3) is 0 Å². The van der Waals surface area contributed by atoms with Crippen LogP contribution in [0.4, 0.5) is 5.69 Å². The van der Waals surface area contributed by atoms with Gasteiger partial charge < -0.3 is 9.80 Å². The van der Waals surface area contributed by atoms with Gasteiger partial charge in [0.15, 0.2) is 0 Å². The molecule has 29 heavy (non-hydrogen) atoms. The van der Waals surface area contributed by atoms with Crippen molar-refractivity contribution in [2.45, 2.75) is 51.7 Å². The quantitative estimate of drug-likeness (QED) is 0.757. The SMILES string of the molecule is CC(=O)N1CCC(N(Cc2ccc3c(c2)CCC(=O)N3C)Cc2cncs2)CC1. The number of carbonyl (C=O) groups is 2. The number of piperidine rings is 1. The smallest absolute Gasteiger partial charge is 0.227 e. The fourth-order valence-corrected chi connectivity index (χ4v) is 5.04. The molecule has 154 valence electrons. The number of anilines is 1. The maximum atomic E-state index is 12.0. The lowest BCUT2D eigenvalue weighted by Crippen LogP contribution is -2.45. The van der Waals surface area contributed by atoms with Gasteiger partial charge in [0.2, 0.25) is 11.8 Å². The summed E-state index contributed by atoms with van der Waals surface area (Å²) >= 11 is 1.69. The van der Waals surface area contributed by atoms with Crippen molar-refractivity contribution < 1.29 is 9.59 Å². The van der Waals surface area contributed by atoms with Crippen molar-refractivity contribution in [1.82, 2.24) is 14.8 Å². The molecule has 1 aromatic carbocycles. The van der Waals surface area contributed by atoms with Gasteiger partial charge in [-0.1, -0.05) is 12.1 Å². The minimum absolute atomic E-state index is 0.172. The van der Waals surface area contributed by atoms with Crippen LogP contribution in [-0.2, 0) is 29.1 Å². The number of aryl methyl sites for hydroxylation is 1. The minimum atomic E-state index is 0.172. The number of aromatic nitrogens is 1. The summed E-state index contributed by atoms with van der Waals surface area (Å²) in [7, 11) is 1.86. The fourth-order valence-electron chi connectivity index (χ4n) is 4.42. The second-order valence-corrected chi connectivity index (χ2v) is 9.00. The van der Waals surface area contributed by atoms with E-state index < -0.39 is 0 Å². The van der Waals surface area contributed by atoms with E-state index in [0.717, 1.165) is 51.1 Å². The molecule has 2 aliphatic rings. The molecule has 0 N–H and O–H groups in total. The molecule has 0 unspecified atom stereocenters. The van der Waals surface area contributed by atoms with E-state index in [1.54, 1.807) is 23.2 Å². The minimum Gasteiger partial charge on any atom is -0.343 e. The summed E-state index contributed by atoms with van der Waals surface area (Å²) in [5.74, 6) is 0.361. The third kappa shape index (κ3) is 4.51. The lowest BCUT2D eigenvalue weighted by molar-refractivity contribution is -0.130. The number of hydrogen-bond acceptors (Lipinski definition) is 5. The van der Waals surface area contributed by atoms with E-state index in [1.807, 2.05) is 23.7 Å². The highest BCUT2D eigenvalue weighted by Gasteiger charge is 2.27. The summed E-state index contributed by atoms with van der Waals surface area (Å²) < 4.78 is 0. The second kappa shape index (κ2) is 8.63. The van der Waals surface area contributed by atoms with Crippen molar-refractivity contribution in [1.29, 1.82) is 0 Å². The molecule has 0 atom stereocenters. The number of rotatable bonds is 5. The Morgan fingerprint density at radius 2 is 2.03 bits per heavy atom. The summed E-state index contributed by atoms with van der Waals surface area (Å²) in [4.78, 5) is 35.4. The molecule has 0 bridgehead atoms. The molecule has 0 radical (unpaired) electrons. The Morgan fingerprint density at radius 3 is 2.72 bits per heavy atom. The predicted octanol–water partition coefficient (Wildman–Crippen LogP) is 3.07. The Morgan fingerprint density at radius 1 is 1.24 bits per heavy atom. The lowest BCUT2D eigenvalue weighted by atomic mass is 9.97. The van der Waals surface area contributed by atoms with E-state index in [1.165, 1.54) is 16.0 Å². The predicted molar refractivity (Wildman–Crippen MR) is 115 cm³/mol. The number of thiazole rings is 1. The Bertz CT molecular complexity index is 875. The first kappa shape index (κ1) is 20.0. The molecule has 6 nitrogen and oxygen atoms in total. The molecule has 0 saturated carbocycles. The Kier molecular flexibility index (Phi) is 5.96. The van der Waals surface area contributed by atoms with Crippen LogP contribution < -0.4 is 4.90 Å². The van der Waals surface area contributed by atoms with E-state index in [9.17, 15) is 9.59 Å². The number of carbonyl (C=O) groups excluding carboxylic acids is 2. The number of benzene rings is 1. The average molecular weight is 413 g/mol. The highest BCUT2D eigenvalue weighted by Crippen LogP contribution is 2.29. The van der Waals surface area contributed by atoms with Crippen LogP contribution in [0.5, 0.6) is 0 Å². The number of nitrogens with zero attached hydrogens (tertiary/aromatic N) is 4. The molecule has 1 aromatic heterocycles. The number of likely N-dealkylation sites (tertiary alicyclic amines) is 1. The molecule has 7 heteroatoms. The zero-order chi connectivity index (χ0) is 20.4. The van der Waals surface area contributed by atoms with Crippen LogP contribution in [0.1, 0.15) is 42.2 Å². The van der Waals surface area contributed by atoms with E-state index >= 15 is 0 Å². The van der Waals surface area contributed by atoms with Crippen molar-refractivity contribution in [3.8, 4) is 0 Å². The van der Waals surface area contributed by atoms with E-state index in [0.29, 0.717) is 12.5 Å². The zero-order valence-electron chi connectivity index (χ0n) is 17.1. The molecule has 2 amide bonds. The molecule has 4 rings (SSSR count). The molecule has 3 heterocycles. The van der Waals surface area contributed by atoms with Gasteiger partial charge in [0.1, 0.15) is 0 Å². The van der Waals surface area contributed by atoms with Gasteiger partial charge >= 0.3 is 0 Å². The molecular weight excluding hydrogens is 384 g/mol. The second-order valence-electron chi connectivity index (χ2n) is 8.03. The molecule has 0 aliphatic carbocycles. The van der Waals surface area contributed by atoms with Gasteiger partial charge in [-0.15, -0.1) is 11.3 Å². The highest BCUT2D eigenvalue weighted by atomic mass is 32.1. The van der Waals surface area contributed by atoms with Crippen molar-refractivity contribution in [2.24, 2.45) is 0 Å². The number of fused-ring (bicyclic) bond motifs is 1. The van der Waals surface area contributed by atoms with Crippen molar-refractivity contribution >= 4 is 28.8 Å². The highest BCUT2D eigenvalue weighted by molar-refractivity contribution is 7.09. The summed E-state index contributed by atoms with van der Waals surface area (Å²) in [6.07, 6.45) is 5.36. The monoisotopic (exact) mass is 412 g/mol. The molecule has 1 fully saturated rings. The first-order valence-electron chi connectivity index (χ1n) is 10.3. The Balaban J connectivity index is 1.51. The number of hydrogen-bond donors (Lipinski definition) is 0. The standard InChI is InChI=1S/C22H28N4O2S/c1-16(27)25-9-7-19(8-10-25)26(14-20-12-23-15-29-20)13-17-3-5-21-18(11-17)4-6-22(28)24(21)2/h3,5,11-12,15,19H,4,6-10,13-14H2,1-2H3. The Labute approximate surface area is 176 Å². The molecular formula is C22H28N4O2S. The van der Waals surface area contributed by atoms with Crippen molar-refractivity contribution in [3.05, 3.63) is 45.9 Å². The van der Waals surface area contributed by atoms with Crippen LogP contribution >= 0.6 is 11.3 Å². The zero-order valence-corrected chi connectivity index (χ0v) is 18.0. The summed E-state index contributed by atoms with van der Waals surface area (Å²) in [5, 5.41) is 0. The third-order valence-corrected chi connectivity index (χ3v) is 6.91. The maximum absolute atomic E-state index is 12.0. The molecule has 2 aromatic rings. The van der Waals surface area contributed by atoms with Gasteiger partial charge in [-0.3, -0.25) is 19.5 Å². The van der Waals surface area contributed by atoms with Crippen LogP contribution in [-0.4, -0.2) is 52.8 Å². The van der Waals surface area contributed by atoms with Gasteiger partial charge in [0.25, 0.3) is 0 Å². The fraction of sp³-hybridized carbons (Fsp3) is 0.500. The third-order valence-electron chi connectivity index (χ3n) is 6.14. The molecule has 0 spiro atoms. The van der Waals surface area contributed by atoms with E-state index in [2.05, 4.69) is 28.1 Å². The topological polar surface area (TPSA) is 56.8 Å². The molecule has 2 aliphatic heterocycles. The lowest BCUT2D eigenvalue weighted by Gasteiger charge is -2.38. The number of amides is 2. The Hall–Kier alpha value is -2.25. The van der Waals surface area contributed by atoms with Gasteiger partial charge in [0.05, 0.1) is 5.51 Å². The molecule has 1 saturated heterocycles. The van der Waals surface area contributed by atoms with Crippen molar-refractivity contribution in [3.63, 3.8) is 0 Å². The van der Waals surface area contributed by atoms with Crippen LogP contribution in [0.15, 0.2) is 29.9 Å². The van der Waals surface area contributed by atoms with Gasteiger partial charge in [-0.25, -0.2) is 0 Å². The summed E-state index contributed by atoms with van der Waals surface area (Å²) in [5.41, 5.74) is 5.46. The van der Waals surface area contributed by atoms with Gasteiger partial charge in [-0.2, -0.15) is 0 Å². The summed E-state index contributed by atoms with van der Waals surface area (Å²) in [6.45, 7) is 5.06. The average Bonchev–Trinajstić information content (AvgIpc) is 3.23.